The fourth-order valence-electron chi connectivity index (χ4n) is 1.99. The standard InChI is InChI=1S/C14H18N4O2S/c1-3-18(10-12-7-4-6-11(2)17-12)21(19,20)13-8-5-9-16-14(13)15/h4-9H,3,10H2,1-2H3,(H2,15,16). The van der Waals surface area contributed by atoms with E-state index in [-0.39, 0.29) is 17.3 Å². The number of aromatic nitrogens is 2. The Kier molecular flexibility index (Phi) is 4.54. The van der Waals surface area contributed by atoms with Crippen molar-refractivity contribution >= 4 is 15.8 Å². The van der Waals surface area contributed by atoms with Gasteiger partial charge in [0.25, 0.3) is 0 Å². The van der Waals surface area contributed by atoms with Crippen molar-refractivity contribution in [3.8, 4) is 0 Å². The number of nitrogens with zero attached hydrogens (tertiary/aromatic N) is 3. The molecular formula is C14H18N4O2S. The highest BCUT2D eigenvalue weighted by Gasteiger charge is 2.26. The average Bonchev–Trinajstić information content (AvgIpc) is 2.45. The van der Waals surface area contributed by atoms with Gasteiger partial charge >= 0.3 is 0 Å². The Labute approximate surface area is 124 Å². The lowest BCUT2D eigenvalue weighted by atomic mass is 10.3. The maximum absolute atomic E-state index is 12.7. The normalized spacial score (nSPS) is 11.8. The quantitative estimate of drug-likeness (QED) is 0.906. The highest BCUT2D eigenvalue weighted by molar-refractivity contribution is 7.89. The van der Waals surface area contributed by atoms with Crippen LogP contribution in [0, 0.1) is 6.92 Å². The van der Waals surface area contributed by atoms with Crippen LogP contribution < -0.4 is 5.73 Å². The summed E-state index contributed by atoms with van der Waals surface area (Å²) >= 11 is 0. The highest BCUT2D eigenvalue weighted by atomic mass is 32.2. The first-order chi connectivity index (χ1) is 9.95. The van der Waals surface area contributed by atoms with Gasteiger partial charge in [-0.05, 0) is 31.2 Å². The van der Waals surface area contributed by atoms with Gasteiger partial charge < -0.3 is 5.73 Å². The molecule has 2 heterocycles. The minimum absolute atomic E-state index is 0.00755. The molecule has 0 bridgehead atoms. The van der Waals surface area contributed by atoms with Crippen molar-refractivity contribution in [3.05, 3.63) is 47.9 Å². The smallest absolute Gasteiger partial charge is 0.247 e. The van der Waals surface area contributed by atoms with Crippen molar-refractivity contribution < 1.29 is 8.42 Å². The molecule has 0 aliphatic rings. The van der Waals surface area contributed by atoms with Gasteiger partial charge in [-0.3, -0.25) is 4.98 Å². The van der Waals surface area contributed by atoms with Crippen molar-refractivity contribution in [3.63, 3.8) is 0 Å². The topological polar surface area (TPSA) is 89.2 Å². The molecule has 2 aromatic rings. The number of aryl methyl sites for hydroxylation is 1. The van der Waals surface area contributed by atoms with Crippen molar-refractivity contribution in [2.45, 2.75) is 25.3 Å². The Balaban J connectivity index is 2.35. The zero-order valence-electron chi connectivity index (χ0n) is 12.0. The predicted molar refractivity (Wildman–Crippen MR) is 80.9 cm³/mol. The van der Waals surface area contributed by atoms with E-state index in [1.807, 2.05) is 19.1 Å². The van der Waals surface area contributed by atoms with Crippen LogP contribution in [0.25, 0.3) is 0 Å². The Morgan fingerprint density at radius 1 is 1.24 bits per heavy atom. The number of nitrogen functional groups attached to an aromatic ring is 1. The molecule has 0 atom stereocenters. The first-order valence-corrected chi connectivity index (χ1v) is 8.02. The van der Waals surface area contributed by atoms with Crippen LogP contribution in [0.4, 0.5) is 5.82 Å². The second-order valence-corrected chi connectivity index (χ2v) is 6.49. The molecule has 0 aliphatic carbocycles. The molecule has 2 rings (SSSR count). The van der Waals surface area contributed by atoms with Gasteiger partial charge in [-0.2, -0.15) is 4.31 Å². The largest absolute Gasteiger partial charge is 0.383 e. The number of pyridine rings is 2. The minimum atomic E-state index is -3.69. The summed E-state index contributed by atoms with van der Waals surface area (Å²) in [5, 5.41) is 0. The van der Waals surface area contributed by atoms with Crippen LogP contribution in [0.15, 0.2) is 41.4 Å². The number of sulfonamides is 1. The number of hydrogen-bond acceptors (Lipinski definition) is 5. The van der Waals surface area contributed by atoms with E-state index in [0.717, 1.165) is 5.69 Å². The third-order valence-corrected chi connectivity index (χ3v) is 5.02. The van der Waals surface area contributed by atoms with E-state index < -0.39 is 10.0 Å². The molecule has 21 heavy (non-hydrogen) atoms. The van der Waals surface area contributed by atoms with Gasteiger partial charge in [0, 0.05) is 18.4 Å². The van der Waals surface area contributed by atoms with Crippen molar-refractivity contribution in [1.29, 1.82) is 0 Å². The van der Waals surface area contributed by atoms with Crippen LogP contribution in [0.1, 0.15) is 18.3 Å². The summed E-state index contributed by atoms with van der Waals surface area (Å²) < 4.78 is 26.6. The summed E-state index contributed by atoms with van der Waals surface area (Å²) in [4.78, 5) is 8.20. The lowest BCUT2D eigenvalue weighted by molar-refractivity contribution is 0.419. The van der Waals surface area contributed by atoms with Gasteiger partial charge in [-0.1, -0.05) is 13.0 Å². The SMILES string of the molecule is CCN(Cc1cccc(C)n1)S(=O)(=O)c1cccnc1N. The molecule has 7 heteroatoms. The maximum Gasteiger partial charge on any atom is 0.247 e. The van der Waals surface area contributed by atoms with E-state index >= 15 is 0 Å². The van der Waals surface area contributed by atoms with Gasteiger partial charge in [0.15, 0.2) is 0 Å². The highest BCUT2D eigenvalue weighted by Crippen LogP contribution is 2.21. The van der Waals surface area contributed by atoms with Gasteiger partial charge in [0.05, 0.1) is 12.2 Å². The third kappa shape index (κ3) is 3.37. The lowest BCUT2D eigenvalue weighted by Crippen LogP contribution is -2.31. The molecule has 2 aromatic heterocycles. The van der Waals surface area contributed by atoms with E-state index in [2.05, 4.69) is 9.97 Å². The molecule has 0 fully saturated rings. The third-order valence-electron chi connectivity index (χ3n) is 3.05. The van der Waals surface area contributed by atoms with Gasteiger partial charge in [0.2, 0.25) is 10.0 Å². The number of rotatable bonds is 5. The Morgan fingerprint density at radius 3 is 2.62 bits per heavy atom. The van der Waals surface area contributed by atoms with Crippen LogP contribution in [-0.2, 0) is 16.6 Å². The predicted octanol–water partition coefficient (Wildman–Crippen LogP) is 1.58. The molecule has 6 nitrogen and oxygen atoms in total. The molecule has 0 unspecified atom stereocenters. The zero-order chi connectivity index (χ0) is 15.5. The molecule has 2 N–H and O–H groups in total. The molecule has 0 amide bonds. The zero-order valence-corrected chi connectivity index (χ0v) is 12.8. The van der Waals surface area contributed by atoms with Crippen molar-refractivity contribution in [2.75, 3.05) is 12.3 Å². The molecule has 0 aromatic carbocycles. The Hall–Kier alpha value is -1.99. The Bertz CT molecular complexity index is 731. The fourth-order valence-corrected chi connectivity index (χ4v) is 3.48. The number of anilines is 1. The summed E-state index contributed by atoms with van der Waals surface area (Å²) in [7, 11) is -3.69. The van der Waals surface area contributed by atoms with Crippen molar-refractivity contribution in [2.24, 2.45) is 0 Å². The molecule has 0 saturated carbocycles. The molecule has 0 spiro atoms. The van der Waals surface area contributed by atoms with E-state index in [1.165, 1.54) is 16.6 Å². The van der Waals surface area contributed by atoms with E-state index in [4.69, 9.17) is 5.73 Å². The van der Waals surface area contributed by atoms with Crippen LogP contribution in [-0.4, -0.2) is 29.2 Å². The van der Waals surface area contributed by atoms with Gasteiger partial charge in [-0.15, -0.1) is 0 Å². The maximum atomic E-state index is 12.7. The summed E-state index contributed by atoms with van der Waals surface area (Å²) in [5.41, 5.74) is 7.23. The first kappa shape index (κ1) is 15.4. The van der Waals surface area contributed by atoms with E-state index in [0.29, 0.717) is 12.2 Å². The van der Waals surface area contributed by atoms with Gasteiger partial charge in [0.1, 0.15) is 10.7 Å². The summed E-state index contributed by atoms with van der Waals surface area (Å²) in [6, 6.07) is 8.55. The minimum Gasteiger partial charge on any atom is -0.383 e. The second kappa shape index (κ2) is 6.19. The summed E-state index contributed by atoms with van der Waals surface area (Å²) in [5.74, 6) is 0.00755. The molecule has 0 aliphatic heterocycles. The van der Waals surface area contributed by atoms with Gasteiger partial charge in [-0.25, -0.2) is 13.4 Å². The molecule has 112 valence electrons. The molecule has 0 saturated heterocycles. The van der Waals surface area contributed by atoms with Crippen LogP contribution in [0.5, 0.6) is 0 Å². The van der Waals surface area contributed by atoms with Crippen LogP contribution in [0.3, 0.4) is 0 Å². The Morgan fingerprint density at radius 2 is 2.00 bits per heavy atom. The summed E-state index contributed by atoms with van der Waals surface area (Å²) in [6.07, 6.45) is 1.47. The average molecular weight is 306 g/mol. The number of hydrogen-bond donors (Lipinski definition) is 1. The van der Waals surface area contributed by atoms with E-state index in [1.54, 1.807) is 19.1 Å². The summed E-state index contributed by atoms with van der Waals surface area (Å²) in [6.45, 7) is 4.18. The van der Waals surface area contributed by atoms with Crippen LogP contribution in [0.2, 0.25) is 0 Å². The van der Waals surface area contributed by atoms with E-state index in [9.17, 15) is 8.42 Å². The van der Waals surface area contributed by atoms with Crippen LogP contribution >= 0.6 is 0 Å². The van der Waals surface area contributed by atoms with Crippen molar-refractivity contribution in [1.82, 2.24) is 14.3 Å². The monoisotopic (exact) mass is 306 g/mol. The first-order valence-electron chi connectivity index (χ1n) is 6.58. The fraction of sp³-hybridized carbons (Fsp3) is 0.286. The second-order valence-electron chi connectivity index (χ2n) is 4.59. The lowest BCUT2D eigenvalue weighted by Gasteiger charge is -2.20. The molecular weight excluding hydrogens is 288 g/mol. The molecule has 0 radical (unpaired) electrons. The number of nitrogens with two attached hydrogens (primary N) is 1.